The van der Waals surface area contributed by atoms with E-state index in [4.69, 9.17) is 4.74 Å². The average Bonchev–Trinajstić information content (AvgIpc) is 2.63. The number of hydrogen-bond donors (Lipinski definition) is 2. The Bertz CT molecular complexity index is 927. The molecule has 0 unspecified atom stereocenters. The fraction of sp³-hybridized carbons (Fsp3) is 0.143. The second kappa shape index (κ2) is 8.31. The molecule has 0 saturated heterocycles. The molecule has 2 aromatic carbocycles. The molecule has 3 aromatic rings. The van der Waals surface area contributed by atoms with Crippen molar-refractivity contribution in [2.24, 2.45) is 0 Å². The Balaban J connectivity index is 1.68. The molecule has 0 aliphatic heterocycles. The van der Waals surface area contributed by atoms with Crippen molar-refractivity contribution in [2.75, 3.05) is 10.6 Å². The quantitative estimate of drug-likeness (QED) is 0.645. The van der Waals surface area contributed by atoms with E-state index in [1.165, 1.54) is 18.2 Å². The van der Waals surface area contributed by atoms with Gasteiger partial charge in [0.2, 0.25) is 0 Å². The van der Waals surface area contributed by atoms with Gasteiger partial charge in [0.1, 0.15) is 17.3 Å². The second-order valence-electron chi connectivity index (χ2n) is 6.21. The normalized spacial score (nSPS) is 10.5. The summed E-state index contributed by atoms with van der Waals surface area (Å²) in [6.45, 7) is 3.94. The Morgan fingerprint density at radius 3 is 2.48 bits per heavy atom. The van der Waals surface area contributed by atoms with E-state index >= 15 is 0 Å². The lowest BCUT2D eigenvalue weighted by atomic mass is 10.2. The highest BCUT2D eigenvalue weighted by molar-refractivity contribution is 6.03. The number of anilines is 3. The van der Waals surface area contributed by atoms with Crippen LogP contribution in [0.15, 0.2) is 66.9 Å². The third-order valence-corrected chi connectivity index (χ3v) is 3.59. The van der Waals surface area contributed by atoms with Gasteiger partial charge in [0.15, 0.2) is 0 Å². The number of nitrogens with zero attached hydrogens (tertiary/aromatic N) is 1. The number of pyridine rings is 1. The van der Waals surface area contributed by atoms with Crippen LogP contribution in [0.4, 0.5) is 21.5 Å². The molecule has 1 heterocycles. The lowest BCUT2D eigenvalue weighted by Crippen LogP contribution is -2.13. The predicted octanol–water partition coefficient (Wildman–Crippen LogP) is 5.00. The van der Waals surface area contributed by atoms with Crippen LogP contribution in [0.5, 0.6) is 5.75 Å². The van der Waals surface area contributed by atoms with Crippen LogP contribution in [-0.4, -0.2) is 17.0 Å². The maximum atomic E-state index is 13.2. The molecule has 1 aromatic heterocycles. The first-order valence-corrected chi connectivity index (χ1v) is 8.56. The molecular formula is C21H20FN3O2. The van der Waals surface area contributed by atoms with Crippen molar-refractivity contribution >= 4 is 23.0 Å². The van der Waals surface area contributed by atoms with Crippen LogP contribution in [-0.2, 0) is 0 Å². The predicted molar refractivity (Wildman–Crippen MR) is 104 cm³/mol. The first-order valence-electron chi connectivity index (χ1n) is 8.56. The molecule has 1 amide bonds. The van der Waals surface area contributed by atoms with E-state index in [2.05, 4.69) is 15.6 Å². The number of hydrogen-bond acceptors (Lipinski definition) is 4. The Morgan fingerprint density at radius 2 is 1.78 bits per heavy atom. The van der Waals surface area contributed by atoms with E-state index in [1.807, 2.05) is 38.1 Å². The van der Waals surface area contributed by atoms with Gasteiger partial charge in [-0.15, -0.1) is 0 Å². The SMILES string of the molecule is CC(C)Oc1ccc(Nc2ccnc(C(=O)Nc3cccc(F)c3)c2)cc1. The van der Waals surface area contributed by atoms with Gasteiger partial charge in [-0.1, -0.05) is 6.07 Å². The van der Waals surface area contributed by atoms with Crippen LogP contribution in [0.2, 0.25) is 0 Å². The highest BCUT2D eigenvalue weighted by atomic mass is 19.1. The van der Waals surface area contributed by atoms with Gasteiger partial charge >= 0.3 is 0 Å². The molecular weight excluding hydrogens is 345 g/mol. The lowest BCUT2D eigenvalue weighted by molar-refractivity contribution is 0.102. The number of ether oxygens (including phenoxy) is 1. The minimum absolute atomic E-state index is 0.114. The summed E-state index contributed by atoms with van der Waals surface area (Å²) in [5, 5.41) is 5.85. The lowest BCUT2D eigenvalue weighted by Gasteiger charge is -2.11. The van der Waals surface area contributed by atoms with Crippen LogP contribution in [0.1, 0.15) is 24.3 Å². The third-order valence-electron chi connectivity index (χ3n) is 3.59. The number of amides is 1. The van der Waals surface area contributed by atoms with E-state index in [-0.39, 0.29) is 11.8 Å². The van der Waals surface area contributed by atoms with Crippen LogP contribution in [0.25, 0.3) is 0 Å². The van der Waals surface area contributed by atoms with E-state index < -0.39 is 11.7 Å². The zero-order chi connectivity index (χ0) is 19.2. The summed E-state index contributed by atoms with van der Waals surface area (Å²) in [5.74, 6) is -0.0357. The van der Waals surface area contributed by atoms with E-state index in [9.17, 15) is 9.18 Å². The molecule has 27 heavy (non-hydrogen) atoms. The molecule has 0 bridgehead atoms. The molecule has 0 saturated carbocycles. The molecule has 0 fully saturated rings. The molecule has 0 aliphatic carbocycles. The van der Waals surface area contributed by atoms with Crippen molar-refractivity contribution in [1.82, 2.24) is 4.98 Å². The van der Waals surface area contributed by atoms with Crippen molar-refractivity contribution in [3.05, 3.63) is 78.4 Å². The van der Waals surface area contributed by atoms with Gasteiger partial charge in [0.25, 0.3) is 5.91 Å². The van der Waals surface area contributed by atoms with Crippen LogP contribution in [0, 0.1) is 5.82 Å². The number of nitrogens with one attached hydrogen (secondary N) is 2. The maximum Gasteiger partial charge on any atom is 0.274 e. The Morgan fingerprint density at radius 1 is 1.00 bits per heavy atom. The van der Waals surface area contributed by atoms with Gasteiger partial charge in [-0.25, -0.2) is 4.39 Å². The Hall–Kier alpha value is -3.41. The van der Waals surface area contributed by atoms with Crippen molar-refractivity contribution in [3.8, 4) is 5.75 Å². The fourth-order valence-corrected chi connectivity index (χ4v) is 2.45. The summed E-state index contributed by atoms with van der Waals surface area (Å²) in [4.78, 5) is 16.4. The average molecular weight is 365 g/mol. The molecule has 0 aliphatic rings. The number of halogens is 1. The number of aromatic nitrogens is 1. The monoisotopic (exact) mass is 365 g/mol. The summed E-state index contributed by atoms with van der Waals surface area (Å²) in [6, 6.07) is 16.6. The van der Waals surface area contributed by atoms with Crippen LogP contribution in [0.3, 0.4) is 0 Å². The molecule has 5 nitrogen and oxygen atoms in total. The minimum atomic E-state index is -0.416. The summed E-state index contributed by atoms with van der Waals surface area (Å²) in [6.07, 6.45) is 1.65. The number of carbonyl (C=O) groups excluding carboxylic acids is 1. The van der Waals surface area contributed by atoms with E-state index in [1.54, 1.807) is 24.4 Å². The second-order valence-corrected chi connectivity index (χ2v) is 6.21. The van der Waals surface area contributed by atoms with Crippen LogP contribution >= 0.6 is 0 Å². The molecule has 0 spiro atoms. The maximum absolute atomic E-state index is 13.2. The minimum Gasteiger partial charge on any atom is -0.491 e. The van der Waals surface area contributed by atoms with Crippen molar-refractivity contribution in [2.45, 2.75) is 20.0 Å². The topological polar surface area (TPSA) is 63.2 Å². The van der Waals surface area contributed by atoms with Gasteiger partial charge in [0.05, 0.1) is 6.10 Å². The summed E-state index contributed by atoms with van der Waals surface area (Å²) < 4.78 is 18.9. The van der Waals surface area contributed by atoms with Crippen molar-refractivity contribution in [1.29, 1.82) is 0 Å². The first kappa shape index (κ1) is 18.4. The van der Waals surface area contributed by atoms with Crippen molar-refractivity contribution in [3.63, 3.8) is 0 Å². The standard InChI is InChI=1S/C21H20FN3O2/c1-14(2)27-19-8-6-16(7-9-19)24-18-10-11-23-20(13-18)21(26)25-17-5-3-4-15(22)12-17/h3-14H,1-2H3,(H,23,24)(H,25,26). The zero-order valence-electron chi connectivity index (χ0n) is 15.1. The van der Waals surface area contributed by atoms with Crippen LogP contribution < -0.4 is 15.4 Å². The molecule has 0 radical (unpaired) electrons. The molecule has 3 rings (SSSR count). The highest BCUT2D eigenvalue weighted by Crippen LogP contribution is 2.21. The van der Waals surface area contributed by atoms with Gasteiger partial charge in [-0.2, -0.15) is 0 Å². The number of carbonyl (C=O) groups is 1. The van der Waals surface area contributed by atoms with E-state index in [0.717, 1.165) is 11.4 Å². The van der Waals surface area contributed by atoms with E-state index in [0.29, 0.717) is 11.4 Å². The van der Waals surface area contributed by atoms with Gasteiger partial charge < -0.3 is 15.4 Å². The van der Waals surface area contributed by atoms with Gasteiger partial charge in [-0.3, -0.25) is 9.78 Å². The molecule has 0 atom stereocenters. The smallest absolute Gasteiger partial charge is 0.274 e. The number of benzene rings is 2. The molecule has 2 N–H and O–H groups in total. The zero-order valence-corrected chi connectivity index (χ0v) is 15.1. The summed E-state index contributed by atoms with van der Waals surface area (Å²) in [5.41, 5.74) is 2.17. The summed E-state index contributed by atoms with van der Waals surface area (Å²) >= 11 is 0. The Labute approximate surface area is 157 Å². The summed E-state index contributed by atoms with van der Waals surface area (Å²) in [7, 11) is 0. The molecule has 6 heteroatoms. The van der Waals surface area contributed by atoms with Crippen molar-refractivity contribution < 1.29 is 13.9 Å². The number of rotatable bonds is 6. The van der Waals surface area contributed by atoms with Gasteiger partial charge in [-0.05, 0) is 68.4 Å². The fourth-order valence-electron chi connectivity index (χ4n) is 2.45. The third kappa shape index (κ3) is 5.28. The first-order chi connectivity index (χ1) is 13.0. The highest BCUT2D eigenvalue weighted by Gasteiger charge is 2.09. The molecule has 138 valence electrons. The largest absolute Gasteiger partial charge is 0.491 e. The Kier molecular flexibility index (Phi) is 5.66. The van der Waals surface area contributed by atoms with Gasteiger partial charge in [0, 0.05) is 23.3 Å².